The van der Waals surface area contributed by atoms with Gasteiger partial charge in [0.1, 0.15) is 5.75 Å². The number of Topliss-reactive ketones (excluding diaryl/α,β-unsaturated/α-hetero) is 1. The van der Waals surface area contributed by atoms with E-state index in [0.717, 1.165) is 0 Å². The van der Waals surface area contributed by atoms with Gasteiger partial charge in [-0.15, -0.1) is 0 Å². The summed E-state index contributed by atoms with van der Waals surface area (Å²) < 4.78 is 30.3. The SMILES string of the molecule is CCC(=O)c1ccc(OC(F)(F)C(=O)NN)cc1. The van der Waals surface area contributed by atoms with Crippen LogP contribution in [0.15, 0.2) is 24.3 Å². The third-order valence-electron chi connectivity index (χ3n) is 2.14. The fraction of sp³-hybridized carbons (Fsp3) is 0.273. The van der Waals surface area contributed by atoms with E-state index in [1.807, 2.05) is 0 Å². The van der Waals surface area contributed by atoms with Gasteiger partial charge >= 0.3 is 12.0 Å². The van der Waals surface area contributed by atoms with Gasteiger partial charge < -0.3 is 4.74 Å². The molecule has 0 aromatic heterocycles. The molecule has 18 heavy (non-hydrogen) atoms. The van der Waals surface area contributed by atoms with E-state index in [-0.39, 0.29) is 11.5 Å². The smallest absolute Gasteiger partial charge is 0.425 e. The molecule has 0 saturated heterocycles. The first-order chi connectivity index (χ1) is 8.40. The maximum atomic E-state index is 13.0. The largest absolute Gasteiger partial charge is 0.483 e. The minimum absolute atomic E-state index is 0.118. The van der Waals surface area contributed by atoms with Gasteiger partial charge in [0.15, 0.2) is 5.78 Å². The Hall–Kier alpha value is -2.02. The molecule has 0 saturated carbocycles. The summed E-state index contributed by atoms with van der Waals surface area (Å²) in [7, 11) is 0. The summed E-state index contributed by atoms with van der Waals surface area (Å²) in [5.41, 5.74) is 1.68. The zero-order chi connectivity index (χ0) is 13.8. The summed E-state index contributed by atoms with van der Waals surface area (Å²) in [5.74, 6) is 2.48. The lowest BCUT2D eigenvalue weighted by Crippen LogP contribution is -2.47. The van der Waals surface area contributed by atoms with Gasteiger partial charge in [-0.3, -0.25) is 15.0 Å². The van der Waals surface area contributed by atoms with Crippen LogP contribution in [0.3, 0.4) is 0 Å². The van der Waals surface area contributed by atoms with Crippen LogP contribution in [0.4, 0.5) is 8.78 Å². The number of hydrazine groups is 1. The van der Waals surface area contributed by atoms with Gasteiger partial charge in [-0.2, -0.15) is 8.78 Å². The number of halogens is 2. The molecule has 1 aromatic carbocycles. The molecule has 0 aliphatic rings. The molecular formula is C11H12F2N2O3. The van der Waals surface area contributed by atoms with Crippen molar-refractivity contribution in [2.24, 2.45) is 5.84 Å². The van der Waals surface area contributed by atoms with Gasteiger partial charge in [0.25, 0.3) is 0 Å². The van der Waals surface area contributed by atoms with E-state index in [2.05, 4.69) is 10.6 Å². The normalized spacial score (nSPS) is 10.9. The summed E-state index contributed by atoms with van der Waals surface area (Å²) in [6.07, 6.45) is -3.75. The molecule has 5 nitrogen and oxygen atoms in total. The highest BCUT2D eigenvalue weighted by Gasteiger charge is 2.41. The van der Waals surface area contributed by atoms with Gasteiger partial charge in [-0.1, -0.05) is 6.92 Å². The maximum absolute atomic E-state index is 13.0. The van der Waals surface area contributed by atoms with E-state index < -0.39 is 12.0 Å². The molecule has 0 spiro atoms. The van der Waals surface area contributed by atoms with Crippen LogP contribution >= 0.6 is 0 Å². The zero-order valence-electron chi connectivity index (χ0n) is 9.57. The lowest BCUT2D eigenvalue weighted by atomic mass is 10.1. The molecule has 0 radical (unpaired) electrons. The highest BCUT2D eigenvalue weighted by atomic mass is 19.3. The predicted octanol–water partition coefficient (Wildman–Crippen LogP) is 1.24. The van der Waals surface area contributed by atoms with Gasteiger partial charge in [0.05, 0.1) is 0 Å². The standard InChI is InChI=1S/C11H12F2N2O3/c1-2-9(16)7-3-5-8(6-4-7)18-11(12,13)10(17)15-14/h3-6H,2,14H2,1H3,(H,15,17). The topological polar surface area (TPSA) is 81.4 Å². The number of ketones is 1. The van der Waals surface area contributed by atoms with E-state index in [0.29, 0.717) is 12.0 Å². The Kier molecular flexibility index (Phi) is 4.33. The first-order valence-electron chi connectivity index (χ1n) is 5.12. The summed E-state index contributed by atoms with van der Waals surface area (Å²) in [5, 5.41) is 0. The number of alkyl halides is 2. The highest BCUT2D eigenvalue weighted by Crippen LogP contribution is 2.22. The number of carbonyl (C=O) groups is 2. The fourth-order valence-corrected chi connectivity index (χ4v) is 1.19. The van der Waals surface area contributed by atoms with Crippen LogP contribution < -0.4 is 16.0 Å². The van der Waals surface area contributed by atoms with Crippen molar-refractivity contribution in [2.75, 3.05) is 0 Å². The molecule has 0 atom stereocenters. The predicted molar refractivity (Wildman–Crippen MR) is 59.0 cm³/mol. The van der Waals surface area contributed by atoms with Crippen LogP contribution in [0.5, 0.6) is 5.75 Å². The van der Waals surface area contributed by atoms with Crippen molar-refractivity contribution in [1.82, 2.24) is 5.43 Å². The number of ether oxygens (including phenoxy) is 1. The summed E-state index contributed by atoms with van der Waals surface area (Å²) in [6, 6.07) is 5.05. The summed E-state index contributed by atoms with van der Waals surface area (Å²) in [4.78, 5) is 22.0. The second-order valence-corrected chi connectivity index (χ2v) is 3.39. The Bertz CT molecular complexity index is 446. The number of amides is 1. The van der Waals surface area contributed by atoms with Crippen LogP contribution in [0.1, 0.15) is 23.7 Å². The molecule has 3 N–H and O–H groups in total. The number of carbonyl (C=O) groups excluding carboxylic acids is 2. The Labute approximate surface area is 102 Å². The summed E-state index contributed by atoms with van der Waals surface area (Å²) in [6.45, 7) is 1.69. The van der Waals surface area contributed by atoms with E-state index in [9.17, 15) is 18.4 Å². The average Bonchev–Trinajstić information content (AvgIpc) is 2.37. The van der Waals surface area contributed by atoms with Gasteiger partial charge in [0, 0.05) is 12.0 Å². The molecule has 0 fully saturated rings. The van der Waals surface area contributed by atoms with Crippen molar-refractivity contribution >= 4 is 11.7 Å². The van der Waals surface area contributed by atoms with E-state index in [1.54, 1.807) is 6.92 Å². The van der Waals surface area contributed by atoms with Crippen molar-refractivity contribution in [2.45, 2.75) is 19.5 Å². The van der Waals surface area contributed by atoms with Crippen molar-refractivity contribution in [3.8, 4) is 5.75 Å². The average molecular weight is 258 g/mol. The molecule has 98 valence electrons. The number of nitrogens with two attached hydrogens (primary N) is 1. The quantitative estimate of drug-likeness (QED) is 0.360. The van der Waals surface area contributed by atoms with Crippen molar-refractivity contribution in [1.29, 1.82) is 0 Å². The van der Waals surface area contributed by atoms with Crippen LogP contribution in [0, 0.1) is 0 Å². The van der Waals surface area contributed by atoms with Crippen LogP contribution in [0.25, 0.3) is 0 Å². The zero-order valence-corrected chi connectivity index (χ0v) is 9.57. The number of benzene rings is 1. The Balaban J connectivity index is 2.81. The molecular weight excluding hydrogens is 246 g/mol. The minimum Gasteiger partial charge on any atom is -0.425 e. The molecule has 7 heteroatoms. The highest BCUT2D eigenvalue weighted by molar-refractivity contribution is 5.95. The monoisotopic (exact) mass is 258 g/mol. The molecule has 1 amide bonds. The van der Waals surface area contributed by atoms with Crippen molar-refractivity contribution in [3.05, 3.63) is 29.8 Å². The first-order valence-corrected chi connectivity index (χ1v) is 5.12. The second kappa shape index (κ2) is 5.54. The Morgan fingerprint density at radius 2 is 1.89 bits per heavy atom. The Morgan fingerprint density at radius 1 is 1.33 bits per heavy atom. The third kappa shape index (κ3) is 3.24. The van der Waals surface area contributed by atoms with Crippen molar-refractivity contribution < 1.29 is 23.1 Å². The summed E-state index contributed by atoms with van der Waals surface area (Å²) >= 11 is 0. The number of hydrogen-bond acceptors (Lipinski definition) is 4. The van der Waals surface area contributed by atoms with Crippen LogP contribution in [0.2, 0.25) is 0 Å². The minimum atomic E-state index is -4.06. The van der Waals surface area contributed by atoms with Crippen molar-refractivity contribution in [3.63, 3.8) is 0 Å². The molecule has 1 aromatic rings. The maximum Gasteiger partial charge on any atom is 0.483 e. The molecule has 1 rings (SSSR count). The van der Waals surface area contributed by atoms with Gasteiger partial charge in [0.2, 0.25) is 0 Å². The lowest BCUT2D eigenvalue weighted by molar-refractivity contribution is -0.192. The molecule has 0 aliphatic heterocycles. The van der Waals surface area contributed by atoms with E-state index in [4.69, 9.17) is 0 Å². The van der Waals surface area contributed by atoms with Gasteiger partial charge in [-0.25, -0.2) is 5.84 Å². The second-order valence-electron chi connectivity index (χ2n) is 3.39. The first kappa shape index (κ1) is 14.0. The van der Waals surface area contributed by atoms with E-state index in [1.165, 1.54) is 29.7 Å². The van der Waals surface area contributed by atoms with Crippen LogP contribution in [-0.2, 0) is 4.79 Å². The number of hydrogen-bond donors (Lipinski definition) is 2. The molecule has 0 bridgehead atoms. The van der Waals surface area contributed by atoms with E-state index >= 15 is 0 Å². The van der Waals surface area contributed by atoms with Crippen LogP contribution in [-0.4, -0.2) is 17.8 Å². The fourth-order valence-electron chi connectivity index (χ4n) is 1.19. The Morgan fingerprint density at radius 3 is 2.33 bits per heavy atom. The molecule has 0 aliphatic carbocycles. The third-order valence-corrected chi connectivity index (χ3v) is 2.14. The number of rotatable bonds is 5. The lowest BCUT2D eigenvalue weighted by Gasteiger charge is -2.15. The molecule has 0 unspecified atom stereocenters. The van der Waals surface area contributed by atoms with Gasteiger partial charge in [-0.05, 0) is 24.3 Å². The molecule has 0 heterocycles. The number of nitrogens with one attached hydrogen (secondary N) is 1.